The molecule has 144 valence electrons. The molecule has 1 aliphatic heterocycles. The molecule has 0 spiro atoms. The van der Waals surface area contributed by atoms with Crippen LogP contribution in [0.2, 0.25) is 0 Å². The first kappa shape index (κ1) is 18.7. The van der Waals surface area contributed by atoms with Gasteiger partial charge in [0, 0.05) is 12.1 Å². The SMILES string of the molecule is CN(C)CCc1ccc(C(=O)N2CC(O)(c3cccc4ccccc34)C2)cc1. The van der Waals surface area contributed by atoms with Gasteiger partial charge >= 0.3 is 0 Å². The van der Waals surface area contributed by atoms with Crippen LogP contribution in [-0.4, -0.2) is 54.5 Å². The van der Waals surface area contributed by atoms with Gasteiger partial charge in [0.05, 0.1) is 13.1 Å². The molecule has 1 fully saturated rings. The highest BCUT2D eigenvalue weighted by atomic mass is 16.3. The standard InChI is InChI=1S/C24H26N2O2/c1-25(2)15-14-18-10-12-20(13-11-18)23(27)26-16-24(28,17-26)22-9-5-7-19-6-3-4-8-21(19)22/h3-13,28H,14-17H2,1-2H3. The Morgan fingerprint density at radius 1 is 1.00 bits per heavy atom. The number of likely N-dealkylation sites (N-methyl/N-ethyl adjacent to an activating group) is 1. The Morgan fingerprint density at radius 2 is 1.68 bits per heavy atom. The minimum absolute atomic E-state index is 0.0240. The zero-order chi connectivity index (χ0) is 19.7. The van der Waals surface area contributed by atoms with E-state index in [0.717, 1.165) is 29.3 Å². The molecule has 1 heterocycles. The first-order valence-electron chi connectivity index (χ1n) is 9.70. The maximum atomic E-state index is 12.8. The third-order valence-corrected chi connectivity index (χ3v) is 5.53. The molecule has 1 amide bonds. The van der Waals surface area contributed by atoms with E-state index < -0.39 is 5.60 Å². The van der Waals surface area contributed by atoms with Gasteiger partial charge in [0.15, 0.2) is 0 Å². The number of hydrogen-bond acceptors (Lipinski definition) is 3. The Kier molecular flexibility index (Phi) is 4.92. The number of benzene rings is 3. The second-order valence-corrected chi connectivity index (χ2v) is 7.97. The van der Waals surface area contributed by atoms with Gasteiger partial charge in [-0.15, -0.1) is 0 Å². The second-order valence-electron chi connectivity index (χ2n) is 7.97. The van der Waals surface area contributed by atoms with Crippen LogP contribution in [0.3, 0.4) is 0 Å². The van der Waals surface area contributed by atoms with Gasteiger partial charge in [0.25, 0.3) is 5.91 Å². The smallest absolute Gasteiger partial charge is 0.254 e. The molecule has 4 nitrogen and oxygen atoms in total. The van der Waals surface area contributed by atoms with Crippen molar-refractivity contribution in [3.63, 3.8) is 0 Å². The van der Waals surface area contributed by atoms with E-state index in [2.05, 4.69) is 19.0 Å². The Balaban J connectivity index is 1.46. The van der Waals surface area contributed by atoms with Gasteiger partial charge in [-0.3, -0.25) is 4.79 Å². The maximum Gasteiger partial charge on any atom is 0.254 e. The number of fused-ring (bicyclic) bond motifs is 1. The monoisotopic (exact) mass is 374 g/mol. The number of β-amino-alcohol motifs (C(OH)–C–C–N with tert-alkyl or cyclic N) is 1. The van der Waals surface area contributed by atoms with Crippen LogP contribution in [0.25, 0.3) is 10.8 Å². The van der Waals surface area contributed by atoms with Crippen LogP contribution in [0.5, 0.6) is 0 Å². The third kappa shape index (κ3) is 3.53. The number of nitrogens with zero attached hydrogens (tertiary/aromatic N) is 2. The highest BCUT2D eigenvalue weighted by molar-refractivity contribution is 5.95. The zero-order valence-corrected chi connectivity index (χ0v) is 16.4. The molecule has 0 aliphatic carbocycles. The van der Waals surface area contributed by atoms with Crippen LogP contribution in [0.1, 0.15) is 21.5 Å². The van der Waals surface area contributed by atoms with Crippen LogP contribution < -0.4 is 0 Å². The lowest BCUT2D eigenvalue weighted by Gasteiger charge is -2.47. The maximum absolute atomic E-state index is 12.8. The van der Waals surface area contributed by atoms with Gasteiger partial charge < -0.3 is 14.9 Å². The summed E-state index contributed by atoms with van der Waals surface area (Å²) in [4.78, 5) is 16.7. The highest BCUT2D eigenvalue weighted by Gasteiger charge is 2.45. The quantitative estimate of drug-likeness (QED) is 0.745. The second kappa shape index (κ2) is 7.38. The van der Waals surface area contributed by atoms with E-state index in [1.165, 1.54) is 5.56 Å². The van der Waals surface area contributed by atoms with Crippen molar-refractivity contribution in [2.75, 3.05) is 33.7 Å². The minimum Gasteiger partial charge on any atom is -0.381 e. The third-order valence-electron chi connectivity index (χ3n) is 5.53. The lowest BCUT2D eigenvalue weighted by atomic mass is 9.83. The van der Waals surface area contributed by atoms with Crippen molar-refractivity contribution >= 4 is 16.7 Å². The summed E-state index contributed by atoms with van der Waals surface area (Å²) in [5.41, 5.74) is 1.81. The van der Waals surface area contributed by atoms with E-state index >= 15 is 0 Å². The number of carbonyl (C=O) groups is 1. The zero-order valence-electron chi connectivity index (χ0n) is 16.4. The van der Waals surface area contributed by atoms with E-state index in [0.29, 0.717) is 18.7 Å². The topological polar surface area (TPSA) is 43.8 Å². The van der Waals surface area contributed by atoms with Crippen LogP contribution >= 0.6 is 0 Å². The average Bonchev–Trinajstić information content (AvgIpc) is 2.69. The van der Waals surface area contributed by atoms with E-state index in [9.17, 15) is 9.90 Å². The molecule has 28 heavy (non-hydrogen) atoms. The molecule has 0 bridgehead atoms. The number of rotatable bonds is 5. The van der Waals surface area contributed by atoms with Gasteiger partial charge in [0.1, 0.15) is 5.60 Å². The molecule has 1 aliphatic rings. The van der Waals surface area contributed by atoms with Crippen LogP contribution in [0, 0.1) is 0 Å². The first-order valence-corrected chi connectivity index (χ1v) is 9.70. The van der Waals surface area contributed by atoms with Gasteiger partial charge in [-0.25, -0.2) is 0 Å². The Hall–Kier alpha value is -2.69. The first-order chi connectivity index (χ1) is 13.5. The number of hydrogen-bond donors (Lipinski definition) is 1. The Bertz CT molecular complexity index is 984. The lowest BCUT2D eigenvalue weighted by Crippen LogP contribution is -2.61. The van der Waals surface area contributed by atoms with Crippen molar-refractivity contribution in [2.24, 2.45) is 0 Å². The van der Waals surface area contributed by atoms with Gasteiger partial charge in [-0.05, 0) is 54.5 Å². The summed E-state index contributed by atoms with van der Waals surface area (Å²) >= 11 is 0. The number of likely N-dealkylation sites (tertiary alicyclic amines) is 1. The molecule has 4 rings (SSSR count). The largest absolute Gasteiger partial charge is 0.381 e. The van der Waals surface area contributed by atoms with Crippen LogP contribution in [-0.2, 0) is 12.0 Å². The summed E-state index contributed by atoms with van der Waals surface area (Å²) in [6, 6.07) is 21.8. The molecule has 1 saturated heterocycles. The van der Waals surface area contributed by atoms with Crippen molar-refractivity contribution in [2.45, 2.75) is 12.0 Å². The van der Waals surface area contributed by atoms with Crippen LogP contribution in [0.15, 0.2) is 66.7 Å². The lowest BCUT2D eigenvalue weighted by molar-refractivity contribution is -0.0853. The minimum atomic E-state index is -0.984. The summed E-state index contributed by atoms with van der Waals surface area (Å²) in [6.45, 7) is 1.63. The molecule has 0 atom stereocenters. The fraction of sp³-hybridized carbons (Fsp3) is 0.292. The van der Waals surface area contributed by atoms with Crippen LogP contribution in [0.4, 0.5) is 0 Å². The van der Waals surface area contributed by atoms with Crippen molar-refractivity contribution < 1.29 is 9.90 Å². The van der Waals surface area contributed by atoms with E-state index in [1.807, 2.05) is 66.7 Å². The molecule has 3 aromatic carbocycles. The average molecular weight is 374 g/mol. The van der Waals surface area contributed by atoms with E-state index in [-0.39, 0.29) is 5.91 Å². The summed E-state index contributed by atoms with van der Waals surface area (Å²) in [5.74, 6) is -0.0240. The van der Waals surface area contributed by atoms with Crippen molar-refractivity contribution in [1.29, 1.82) is 0 Å². The molecular formula is C24H26N2O2. The fourth-order valence-electron chi connectivity index (χ4n) is 3.88. The number of carbonyl (C=O) groups excluding carboxylic acids is 1. The summed E-state index contributed by atoms with van der Waals surface area (Å²) in [6.07, 6.45) is 0.964. The van der Waals surface area contributed by atoms with Gasteiger partial charge in [-0.1, -0.05) is 54.6 Å². The normalized spacial score (nSPS) is 15.6. The molecule has 0 radical (unpaired) electrons. The van der Waals surface area contributed by atoms with Crippen molar-refractivity contribution in [3.8, 4) is 0 Å². The molecular weight excluding hydrogens is 348 g/mol. The predicted molar refractivity (Wildman–Crippen MR) is 112 cm³/mol. The van der Waals surface area contributed by atoms with Gasteiger partial charge in [-0.2, -0.15) is 0 Å². The number of amides is 1. The Morgan fingerprint density at radius 3 is 2.39 bits per heavy atom. The highest BCUT2D eigenvalue weighted by Crippen LogP contribution is 2.36. The van der Waals surface area contributed by atoms with E-state index in [1.54, 1.807) is 4.90 Å². The number of aliphatic hydroxyl groups is 1. The molecule has 0 saturated carbocycles. The molecule has 4 heteroatoms. The van der Waals surface area contributed by atoms with E-state index in [4.69, 9.17) is 0 Å². The van der Waals surface area contributed by atoms with Gasteiger partial charge in [0.2, 0.25) is 0 Å². The fourth-order valence-corrected chi connectivity index (χ4v) is 3.88. The Labute approximate surface area is 166 Å². The predicted octanol–water partition coefficient (Wildman–Crippen LogP) is 3.29. The summed E-state index contributed by atoms with van der Waals surface area (Å²) in [7, 11) is 4.11. The summed E-state index contributed by atoms with van der Waals surface area (Å²) < 4.78 is 0. The molecule has 0 unspecified atom stereocenters. The summed E-state index contributed by atoms with van der Waals surface area (Å²) in [5, 5.41) is 13.3. The van der Waals surface area contributed by atoms with Crippen molar-refractivity contribution in [3.05, 3.63) is 83.4 Å². The van der Waals surface area contributed by atoms with Crippen molar-refractivity contribution in [1.82, 2.24) is 9.80 Å². The molecule has 3 aromatic rings. The molecule has 0 aromatic heterocycles. The molecule has 1 N–H and O–H groups in total.